The molecule has 0 saturated carbocycles. The van der Waals surface area contributed by atoms with Crippen molar-refractivity contribution in [3.8, 4) is 5.75 Å². The predicted molar refractivity (Wildman–Crippen MR) is 144 cm³/mol. The summed E-state index contributed by atoms with van der Waals surface area (Å²) in [7, 11) is 0. The average Bonchev–Trinajstić information content (AvgIpc) is 3.41. The van der Waals surface area contributed by atoms with E-state index in [9.17, 15) is 13.6 Å². The Morgan fingerprint density at radius 3 is 2.61 bits per heavy atom. The molecule has 2 aromatic carbocycles. The number of nitrogens with zero attached hydrogens (tertiary/aromatic N) is 3. The Balaban J connectivity index is 1.34. The summed E-state index contributed by atoms with van der Waals surface area (Å²) in [5, 5.41) is 3.84. The van der Waals surface area contributed by atoms with Crippen LogP contribution in [0.4, 0.5) is 8.78 Å². The fourth-order valence-corrected chi connectivity index (χ4v) is 5.49. The monoisotopic (exact) mass is 535 g/mol. The van der Waals surface area contributed by atoms with Crippen molar-refractivity contribution in [2.24, 2.45) is 5.73 Å². The molecule has 3 N–H and O–H groups in total. The molecule has 3 heterocycles. The maximum absolute atomic E-state index is 14.1. The highest BCUT2D eigenvalue weighted by atomic mass is 32.1. The second-order valence-electron chi connectivity index (χ2n) is 9.70. The maximum Gasteiger partial charge on any atom is 0.270 e. The van der Waals surface area contributed by atoms with Gasteiger partial charge in [-0.15, -0.1) is 11.3 Å². The molecular formula is C28H27F2N5O2S. The van der Waals surface area contributed by atoms with E-state index in [1.165, 1.54) is 18.2 Å². The van der Waals surface area contributed by atoms with Crippen molar-refractivity contribution in [2.45, 2.75) is 39.3 Å². The Labute approximate surface area is 222 Å². The third kappa shape index (κ3) is 5.23. The van der Waals surface area contributed by atoms with Crippen LogP contribution in [0, 0.1) is 25.5 Å². The number of rotatable bonds is 8. The number of carbonyl (C=O) groups excluding carboxylic acids is 1. The highest BCUT2D eigenvalue weighted by Crippen LogP contribution is 2.27. The molecule has 1 amide bonds. The van der Waals surface area contributed by atoms with Crippen molar-refractivity contribution >= 4 is 33.1 Å². The number of hydrogen-bond acceptors (Lipinski definition) is 6. The number of nitrogens with one attached hydrogen (secondary N) is 1. The lowest BCUT2D eigenvalue weighted by Crippen LogP contribution is -2.49. The minimum atomic E-state index is -0.730. The molecule has 1 unspecified atom stereocenters. The standard InChI is InChI=1S/C28H27F2N5O2S/c1-16-11-22(37-14-18-19(29)7-6-8-20(18)30)26-33-17(2)25(35(26)13-16)27(36)32-15-28(3,31)12-24-34-21-9-4-5-10-23(21)38-24/h4-11,13H,12,14-15,31H2,1-3H3,(H,32,36). The average molecular weight is 536 g/mol. The van der Waals surface area contributed by atoms with E-state index in [0.717, 1.165) is 20.8 Å². The molecule has 0 bridgehead atoms. The quantitative estimate of drug-likeness (QED) is 0.288. The van der Waals surface area contributed by atoms with Crippen LogP contribution in [0.1, 0.15) is 39.2 Å². The van der Waals surface area contributed by atoms with Gasteiger partial charge in [-0.1, -0.05) is 18.2 Å². The lowest BCUT2D eigenvalue weighted by Gasteiger charge is -2.24. The molecule has 5 aromatic rings. The van der Waals surface area contributed by atoms with Crippen LogP contribution >= 0.6 is 11.3 Å². The van der Waals surface area contributed by atoms with Gasteiger partial charge in [0, 0.05) is 24.7 Å². The van der Waals surface area contributed by atoms with E-state index >= 15 is 0 Å². The number of thiazole rings is 1. The van der Waals surface area contributed by atoms with Gasteiger partial charge in [-0.05, 0) is 56.7 Å². The van der Waals surface area contributed by atoms with E-state index in [-0.39, 0.29) is 24.6 Å². The Kier molecular flexibility index (Phi) is 6.85. The number of hydrogen-bond donors (Lipinski definition) is 2. The number of carbonyl (C=O) groups is 1. The van der Waals surface area contributed by atoms with Gasteiger partial charge in [0.05, 0.1) is 26.5 Å². The Morgan fingerprint density at radius 2 is 1.87 bits per heavy atom. The van der Waals surface area contributed by atoms with E-state index in [2.05, 4.69) is 15.3 Å². The van der Waals surface area contributed by atoms with Crippen molar-refractivity contribution in [1.82, 2.24) is 19.7 Å². The number of pyridine rings is 1. The normalized spacial score (nSPS) is 13.1. The van der Waals surface area contributed by atoms with E-state index in [1.807, 2.05) is 38.1 Å². The van der Waals surface area contributed by atoms with Gasteiger partial charge in [-0.2, -0.15) is 0 Å². The summed E-state index contributed by atoms with van der Waals surface area (Å²) in [5.41, 5.74) is 8.54. The fraction of sp³-hybridized carbons (Fsp3) is 0.250. The highest BCUT2D eigenvalue weighted by Gasteiger charge is 2.25. The molecule has 1 atom stereocenters. The topological polar surface area (TPSA) is 94.5 Å². The Bertz CT molecular complexity index is 1610. The van der Waals surface area contributed by atoms with Crippen molar-refractivity contribution in [3.63, 3.8) is 0 Å². The summed E-state index contributed by atoms with van der Waals surface area (Å²) in [6, 6.07) is 13.3. The smallest absolute Gasteiger partial charge is 0.270 e. The van der Waals surface area contributed by atoms with Gasteiger partial charge in [0.15, 0.2) is 11.4 Å². The highest BCUT2D eigenvalue weighted by molar-refractivity contribution is 7.18. The van der Waals surface area contributed by atoms with E-state index < -0.39 is 17.2 Å². The van der Waals surface area contributed by atoms with Gasteiger partial charge in [0.25, 0.3) is 5.91 Å². The van der Waals surface area contributed by atoms with Gasteiger partial charge < -0.3 is 15.8 Å². The number of benzene rings is 2. The predicted octanol–water partition coefficient (Wildman–Crippen LogP) is 5.11. The Hall–Kier alpha value is -3.89. The number of aryl methyl sites for hydroxylation is 2. The largest absolute Gasteiger partial charge is 0.485 e. The first-order valence-electron chi connectivity index (χ1n) is 12.1. The molecule has 0 aliphatic carbocycles. The third-order valence-corrected chi connectivity index (χ3v) is 7.23. The van der Waals surface area contributed by atoms with Crippen LogP contribution in [0.25, 0.3) is 15.9 Å². The molecule has 0 aliphatic rings. The third-order valence-electron chi connectivity index (χ3n) is 6.19. The molecule has 10 heteroatoms. The van der Waals surface area contributed by atoms with E-state index in [0.29, 0.717) is 29.2 Å². The summed E-state index contributed by atoms with van der Waals surface area (Å²) in [6.07, 6.45) is 2.27. The molecule has 0 spiro atoms. The number of para-hydroxylation sites is 1. The second-order valence-corrected chi connectivity index (χ2v) is 10.8. The van der Waals surface area contributed by atoms with E-state index in [4.69, 9.17) is 10.5 Å². The minimum Gasteiger partial charge on any atom is -0.485 e. The number of nitrogens with two attached hydrogens (primary N) is 1. The molecule has 0 saturated heterocycles. The molecule has 0 aliphatic heterocycles. The summed E-state index contributed by atoms with van der Waals surface area (Å²) in [5.74, 6) is -1.41. The zero-order valence-corrected chi connectivity index (χ0v) is 22.0. The van der Waals surface area contributed by atoms with Crippen LogP contribution in [-0.2, 0) is 13.0 Å². The van der Waals surface area contributed by atoms with Crippen LogP contribution < -0.4 is 15.8 Å². The molecule has 38 heavy (non-hydrogen) atoms. The lowest BCUT2D eigenvalue weighted by atomic mass is 10.00. The number of ether oxygens (including phenoxy) is 1. The lowest BCUT2D eigenvalue weighted by molar-refractivity contribution is 0.0938. The maximum atomic E-state index is 14.1. The van der Waals surface area contributed by atoms with Crippen molar-refractivity contribution < 1.29 is 18.3 Å². The van der Waals surface area contributed by atoms with Crippen LogP contribution in [-0.4, -0.2) is 32.4 Å². The van der Waals surface area contributed by atoms with Crippen molar-refractivity contribution in [1.29, 1.82) is 0 Å². The molecule has 0 fully saturated rings. The molecule has 0 radical (unpaired) electrons. The number of halogens is 2. The van der Waals surface area contributed by atoms with Gasteiger partial charge >= 0.3 is 0 Å². The molecule has 3 aromatic heterocycles. The first kappa shape index (κ1) is 25.7. The first-order valence-corrected chi connectivity index (χ1v) is 12.9. The van der Waals surface area contributed by atoms with Crippen molar-refractivity contribution in [3.05, 3.63) is 93.9 Å². The van der Waals surface area contributed by atoms with Gasteiger partial charge in [0.2, 0.25) is 0 Å². The van der Waals surface area contributed by atoms with Crippen molar-refractivity contribution in [2.75, 3.05) is 6.54 Å². The summed E-state index contributed by atoms with van der Waals surface area (Å²) in [4.78, 5) is 22.5. The van der Waals surface area contributed by atoms with Gasteiger partial charge in [-0.3, -0.25) is 9.20 Å². The fourth-order valence-electron chi connectivity index (χ4n) is 4.33. The second kappa shape index (κ2) is 10.1. The van der Waals surface area contributed by atoms with Crippen LogP contribution in [0.3, 0.4) is 0 Å². The van der Waals surface area contributed by atoms with Crippen LogP contribution in [0.15, 0.2) is 54.7 Å². The molecule has 5 rings (SSSR count). The van der Waals surface area contributed by atoms with E-state index in [1.54, 1.807) is 34.9 Å². The SMILES string of the molecule is Cc1cc(OCc2c(F)cccc2F)c2nc(C)c(C(=O)NCC(C)(N)Cc3nc4ccccc4s3)n2c1. The summed E-state index contributed by atoms with van der Waals surface area (Å²) >= 11 is 1.59. The number of imidazole rings is 1. The number of amides is 1. The number of fused-ring (bicyclic) bond motifs is 2. The summed E-state index contributed by atoms with van der Waals surface area (Å²) < 4.78 is 36.7. The minimum absolute atomic E-state index is 0.177. The first-order chi connectivity index (χ1) is 18.1. The Morgan fingerprint density at radius 1 is 1.13 bits per heavy atom. The number of aromatic nitrogens is 3. The zero-order chi connectivity index (χ0) is 27.0. The van der Waals surface area contributed by atoms with Gasteiger partial charge in [0.1, 0.15) is 23.9 Å². The summed E-state index contributed by atoms with van der Waals surface area (Å²) in [6.45, 7) is 5.33. The van der Waals surface area contributed by atoms with Crippen LogP contribution in [0.2, 0.25) is 0 Å². The van der Waals surface area contributed by atoms with Gasteiger partial charge in [-0.25, -0.2) is 18.7 Å². The molecular weight excluding hydrogens is 508 g/mol. The van der Waals surface area contributed by atoms with Crippen LogP contribution in [0.5, 0.6) is 5.75 Å². The molecule has 196 valence electrons. The zero-order valence-electron chi connectivity index (χ0n) is 21.2. The molecule has 7 nitrogen and oxygen atoms in total.